The maximum Gasteiger partial charge on any atom is -0.00674 e. The number of hydrogen-bond acceptors (Lipinski definition) is 0. The molecule has 4 aromatic carbocycles. The van der Waals surface area contributed by atoms with E-state index >= 15 is 0 Å². The first-order chi connectivity index (χ1) is 20.1. The van der Waals surface area contributed by atoms with Gasteiger partial charge in [0.05, 0.1) is 0 Å². The third kappa shape index (κ3) is 5.76. The van der Waals surface area contributed by atoms with Crippen LogP contribution in [0.1, 0.15) is 95.0 Å². The zero-order valence-electron chi connectivity index (χ0n) is 26.0. The predicted molar refractivity (Wildman–Crippen MR) is 181 cm³/mol. The SMILES string of the molecule is CC.CC.CC1(C)CC2=C(c3ccc(-c4ccccc4)cc3CC2)c2c(ccc3cc(C4=CCCC=C4)ccc23)C1. The third-order valence-electron chi connectivity index (χ3n) is 8.58. The Morgan fingerprint density at radius 1 is 0.634 bits per heavy atom. The summed E-state index contributed by atoms with van der Waals surface area (Å²) < 4.78 is 0. The van der Waals surface area contributed by atoms with Crippen molar-refractivity contribution in [1.82, 2.24) is 0 Å². The van der Waals surface area contributed by atoms with E-state index in [4.69, 9.17) is 0 Å². The predicted octanol–water partition coefficient (Wildman–Crippen LogP) is 12.0. The van der Waals surface area contributed by atoms with Crippen molar-refractivity contribution in [3.8, 4) is 11.1 Å². The van der Waals surface area contributed by atoms with Crippen molar-refractivity contribution >= 4 is 21.9 Å². The molecule has 0 atom stereocenters. The fourth-order valence-corrected chi connectivity index (χ4v) is 6.92. The van der Waals surface area contributed by atoms with Gasteiger partial charge in [-0.25, -0.2) is 0 Å². The lowest BCUT2D eigenvalue weighted by atomic mass is 9.77. The number of hydrogen-bond donors (Lipinski definition) is 0. The largest absolute Gasteiger partial charge is 0.0836 e. The molecule has 210 valence electrons. The van der Waals surface area contributed by atoms with Gasteiger partial charge in [-0.15, -0.1) is 0 Å². The van der Waals surface area contributed by atoms with Crippen LogP contribution in [0.4, 0.5) is 0 Å². The molecule has 0 radical (unpaired) electrons. The molecule has 0 saturated carbocycles. The smallest absolute Gasteiger partial charge is 0.00674 e. The number of benzene rings is 4. The normalized spacial score (nSPS) is 16.6. The molecular formula is C41H46. The lowest BCUT2D eigenvalue weighted by molar-refractivity contribution is 0.358. The Morgan fingerprint density at radius 3 is 2.17 bits per heavy atom. The summed E-state index contributed by atoms with van der Waals surface area (Å²) in [7, 11) is 0. The van der Waals surface area contributed by atoms with E-state index in [-0.39, 0.29) is 5.41 Å². The summed E-state index contributed by atoms with van der Waals surface area (Å²) in [6, 6.07) is 30.0. The highest BCUT2D eigenvalue weighted by molar-refractivity contribution is 6.02. The second-order valence-electron chi connectivity index (χ2n) is 11.9. The summed E-state index contributed by atoms with van der Waals surface area (Å²) in [5, 5.41) is 2.77. The van der Waals surface area contributed by atoms with Crippen LogP contribution < -0.4 is 0 Å². The lowest BCUT2D eigenvalue weighted by Crippen LogP contribution is -2.15. The molecule has 3 aliphatic carbocycles. The van der Waals surface area contributed by atoms with Crippen LogP contribution in [-0.2, 0) is 12.8 Å². The molecule has 0 nitrogen and oxygen atoms in total. The van der Waals surface area contributed by atoms with Gasteiger partial charge in [0.15, 0.2) is 0 Å². The fourth-order valence-electron chi connectivity index (χ4n) is 6.92. The number of allylic oxidation sites excluding steroid dienone is 5. The van der Waals surface area contributed by atoms with Gasteiger partial charge in [0.25, 0.3) is 0 Å². The van der Waals surface area contributed by atoms with Crippen molar-refractivity contribution in [2.24, 2.45) is 5.41 Å². The minimum atomic E-state index is 0.263. The van der Waals surface area contributed by atoms with Crippen LogP contribution in [0.2, 0.25) is 0 Å². The maximum atomic E-state index is 2.45. The summed E-state index contributed by atoms with van der Waals surface area (Å²) in [4.78, 5) is 0. The minimum absolute atomic E-state index is 0.263. The quantitative estimate of drug-likeness (QED) is 0.238. The highest BCUT2D eigenvalue weighted by Gasteiger charge is 2.32. The third-order valence-corrected chi connectivity index (χ3v) is 8.58. The zero-order chi connectivity index (χ0) is 29.0. The molecule has 0 aromatic heterocycles. The van der Waals surface area contributed by atoms with Gasteiger partial charge in [-0.1, -0.05) is 138 Å². The van der Waals surface area contributed by atoms with Gasteiger partial charge in [-0.05, 0) is 111 Å². The summed E-state index contributed by atoms with van der Waals surface area (Å²) in [6.45, 7) is 12.9. The summed E-state index contributed by atoms with van der Waals surface area (Å²) >= 11 is 0. The Labute approximate surface area is 248 Å². The first-order valence-corrected chi connectivity index (χ1v) is 15.9. The van der Waals surface area contributed by atoms with Crippen LogP contribution in [0.25, 0.3) is 33.0 Å². The second kappa shape index (κ2) is 12.5. The molecule has 41 heavy (non-hydrogen) atoms. The van der Waals surface area contributed by atoms with E-state index in [9.17, 15) is 0 Å². The topological polar surface area (TPSA) is 0 Å². The van der Waals surface area contributed by atoms with E-state index in [0.29, 0.717) is 0 Å². The molecule has 3 aliphatic rings. The minimum Gasteiger partial charge on any atom is -0.0836 e. The maximum absolute atomic E-state index is 2.45. The molecule has 0 saturated heterocycles. The summed E-state index contributed by atoms with van der Waals surface area (Å²) in [6.07, 6.45) is 13.9. The molecule has 0 amide bonds. The van der Waals surface area contributed by atoms with Crippen LogP contribution in [0.15, 0.2) is 103 Å². The van der Waals surface area contributed by atoms with Crippen LogP contribution >= 0.6 is 0 Å². The van der Waals surface area contributed by atoms with E-state index in [1.165, 1.54) is 67.3 Å². The first kappa shape index (κ1) is 28.9. The molecule has 7 rings (SSSR count). The molecule has 0 N–H and O–H groups in total. The van der Waals surface area contributed by atoms with E-state index in [1.807, 2.05) is 27.7 Å². The summed E-state index contributed by atoms with van der Waals surface area (Å²) in [5.74, 6) is 0. The zero-order valence-corrected chi connectivity index (χ0v) is 26.0. The monoisotopic (exact) mass is 538 g/mol. The molecule has 0 aliphatic heterocycles. The number of fused-ring (bicyclic) bond motifs is 6. The van der Waals surface area contributed by atoms with Crippen molar-refractivity contribution in [3.63, 3.8) is 0 Å². The van der Waals surface area contributed by atoms with Crippen molar-refractivity contribution in [1.29, 1.82) is 0 Å². The number of rotatable bonds is 2. The van der Waals surface area contributed by atoms with Crippen LogP contribution in [-0.4, -0.2) is 0 Å². The van der Waals surface area contributed by atoms with Crippen LogP contribution in [0.5, 0.6) is 0 Å². The van der Waals surface area contributed by atoms with Gasteiger partial charge < -0.3 is 0 Å². The lowest BCUT2D eigenvalue weighted by Gasteiger charge is -2.27. The average molecular weight is 539 g/mol. The van der Waals surface area contributed by atoms with E-state index in [1.54, 1.807) is 5.57 Å². The van der Waals surface area contributed by atoms with Crippen molar-refractivity contribution in [3.05, 3.63) is 130 Å². The molecular weight excluding hydrogens is 492 g/mol. The molecule has 0 fully saturated rings. The van der Waals surface area contributed by atoms with Crippen LogP contribution in [0, 0.1) is 5.41 Å². The van der Waals surface area contributed by atoms with Crippen molar-refractivity contribution < 1.29 is 0 Å². The average Bonchev–Trinajstić information content (AvgIpc) is 3.15. The first-order valence-electron chi connectivity index (χ1n) is 15.9. The Balaban J connectivity index is 0.000000810. The number of aryl methyl sites for hydroxylation is 1. The van der Waals surface area contributed by atoms with E-state index in [2.05, 4.69) is 111 Å². The van der Waals surface area contributed by atoms with E-state index < -0.39 is 0 Å². The standard InChI is InChI=1S/C37H34.2C2H6/c1-37(2)23-31-15-13-29-21-27(25-9-5-3-6-10-25)17-19-33(29)35(31)36-32(24-37)16-14-30-22-28(18-20-34(30)36)26-11-7-4-8-12-26;2*1-2/h3,5-7,9-12,14,16-22H,4,8,13,15,23-24H2,1-2H3;2*1-2H3. The highest BCUT2D eigenvalue weighted by atomic mass is 14.4. The van der Waals surface area contributed by atoms with Gasteiger partial charge in [0.1, 0.15) is 0 Å². The van der Waals surface area contributed by atoms with Gasteiger partial charge in [-0.2, -0.15) is 0 Å². The van der Waals surface area contributed by atoms with E-state index in [0.717, 1.165) is 32.1 Å². The molecule has 0 spiro atoms. The summed E-state index contributed by atoms with van der Waals surface area (Å²) in [5.41, 5.74) is 14.7. The van der Waals surface area contributed by atoms with Gasteiger partial charge in [-0.3, -0.25) is 0 Å². The van der Waals surface area contributed by atoms with Crippen molar-refractivity contribution in [2.45, 2.75) is 80.1 Å². The second-order valence-corrected chi connectivity index (χ2v) is 11.9. The molecule has 0 bridgehead atoms. The highest BCUT2D eigenvalue weighted by Crippen LogP contribution is 2.49. The molecule has 0 unspecified atom stereocenters. The molecule has 0 heteroatoms. The fraction of sp³-hybridized carbons (Fsp3) is 0.317. The Bertz CT molecular complexity index is 1620. The molecule has 4 aromatic rings. The van der Waals surface area contributed by atoms with Gasteiger partial charge >= 0.3 is 0 Å². The van der Waals surface area contributed by atoms with Gasteiger partial charge in [0.2, 0.25) is 0 Å². The Kier molecular flexibility index (Phi) is 8.79. The Morgan fingerprint density at radius 2 is 1.41 bits per heavy atom. The van der Waals surface area contributed by atoms with Crippen molar-refractivity contribution in [2.75, 3.05) is 0 Å². The molecule has 0 heterocycles. The Hall–Kier alpha value is -3.64. The van der Waals surface area contributed by atoms with Gasteiger partial charge in [0, 0.05) is 0 Å². The van der Waals surface area contributed by atoms with Crippen LogP contribution in [0.3, 0.4) is 0 Å².